The van der Waals surface area contributed by atoms with Crippen molar-refractivity contribution in [2.45, 2.75) is 18.9 Å². The summed E-state index contributed by atoms with van der Waals surface area (Å²) in [6.07, 6.45) is -0.0865. The molecule has 1 atom stereocenters. The van der Waals surface area contributed by atoms with E-state index in [1.165, 1.54) is 6.07 Å². The Bertz CT molecular complexity index is 525. The van der Waals surface area contributed by atoms with E-state index in [1.54, 1.807) is 12.1 Å². The Hall–Kier alpha value is -1.58. The zero-order chi connectivity index (χ0) is 14.4. The third-order valence-electron chi connectivity index (χ3n) is 2.96. The fourth-order valence-electron chi connectivity index (χ4n) is 1.89. The van der Waals surface area contributed by atoms with Crippen molar-refractivity contribution in [3.05, 3.63) is 64.9 Å². The van der Waals surface area contributed by atoms with Crippen molar-refractivity contribution in [1.82, 2.24) is 0 Å². The Balaban J connectivity index is 1.82. The average molecular weight is 295 g/mol. The number of aliphatic hydroxyl groups excluding tert-OH is 1. The van der Waals surface area contributed by atoms with Gasteiger partial charge in [-0.1, -0.05) is 35.9 Å². The topological polar surface area (TPSA) is 29.5 Å². The number of para-hydroxylation sites is 1. The van der Waals surface area contributed by atoms with Crippen LogP contribution in [0.5, 0.6) is 5.75 Å². The van der Waals surface area contributed by atoms with E-state index in [9.17, 15) is 9.50 Å². The predicted octanol–water partition coefficient (Wildman–Crippen LogP) is 3.85. The van der Waals surface area contributed by atoms with Crippen molar-refractivity contribution in [3.8, 4) is 5.75 Å². The second kappa shape index (κ2) is 7.27. The van der Waals surface area contributed by atoms with Gasteiger partial charge in [0.2, 0.25) is 0 Å². The van der Waals surface area contributed by atoms with Gasteiger partial charge in [-0.15, -0.1) is 0 Å². The molecule has 2 aromatic carbocycles. The molecule has 4 heteroatoms. The molecular weight excluding hydrogens is 279 g/mol. The first kappa shape index (κ1) is 14.8. The highest BCUT2D eigenvalue weighted by atomic mass is 35.5. The van der Waals surface area contributed by atoms with Crippen LogP contribution in [0.25, 0.3) is 0 Å². The van der Waals surface area contributed by atoms with Crippen LogP contribution >= 0.6 is 11.6 Å². The van der Waals surface area contributed by atoms with Crippen LogP contribution in [0, 0.1) is 5.82 Å². The molecule has 0 amide bonds. The number of ether oxygens (including phenoxy) is 1. The van der Waals surface area contributed by atoms with Gasteiger partial charge in [0.25, 0.3) is 0 Å². The average Bonchev–Trinajstić information content (AvgIpc) is 2.44. The lowest BCUT2D eigenvalue weighted by Gasteiger charge is -2.13. The Morgan fingerprint density at radius 2 is 1.85 bits per heavy atom. The molecule has 0 bridgehead atoms. The maximum atomic E-state index is 13.6. The largest absolute Gasteiger partial charge is 0.493 e. The van der Waals surface area contributed by atoms with Crippen molar-refractivity contribution < 1.29 is 14.2 Å². The summed E-state index contributed by atoms with van der Waals surface area (Å²) in [5, 5.41) is 10.3. The van der Waals surface area contributed by atoms with Crippen LogP contribution < -0.4 is 4.74 Å². The number of halogens is 2. The fourth-order valence-corrected chi connectivity index (χ4v) is 2.13. The van der Waals surface area contributed by atoms with Crippen LogP contribution in [0.4, 0.5) is 4.39 Å². The zero-order valence-electron chi connectivity index (χ0n) is 10.9. The van der Waals surface area contributed by atoms with Gasteiger partial charge in [-0.3, -0.25) is 0 Å². The van der Waals surface area contributed by atoms with Crippen LogP contribution in [0.2, 0.25) is 5.02 Å². The Labute approximate surface area is 122 Å². The van der Waals surface area contributed by atoms with E-state index >= 15 is 0 Å². The highest BCUT2D eigenvalue weighted by Crippen LogP contribution is 2.21. The zero-order valence-corrected chi connectivity index (χ0v) is 11.7. The molecule has 1 unspecified atom stereocenters. The molecule has 20 heavy (non-hydrogen) atoms. The molecule has 0 spiro atoms. The molecular formula is C16H16ClFO2. The number of hydrogen-bond donors (Lipinski definition) is 1. The normalized spacial score (nSPS) is 12.2. The van der Waals surface area contributed by atoms with Crippen molar-refractivity contribution in [2.24, 2.45) is 0 Å². The standard InChI is InChI=1S/C16H16ClFO2/c17-15-7-4-8-16(18)14(15)11-12(19)9-10-20-13-5-2-1-3-6-13/h1-8,12,19H,9-11H2. The molecule has 0 aliphatic heterocycles. The monoisotopic (exact) mass is 294 g/mol. The van der Waals surface area contributed by atoms with Gasteiger partial charge < -0.3 is 9.84 Å². The molecule has 0 heterocycles. The van der Waals surface area contributed by atoms with Crippen LogP contribution in [-0.4, -0.2) is 17.8 Å². The van der Waals surface area contributed by atoms with E-state index in [1.807, 2.05) is 30.3 Å². The van der Waals surface area contributed by atoms with Crippen LogP contribution in [0.15, 0.2) is 48.5 Å². The summed E-state index contributed by atoms with van der Waals surface area (Å²) in [5.41, 5.74) is 0.348. The SMILES string of the molecule is OC(CCOc1ccccc1)Cc1c(F)cccc1Cl. The third-order valence-corrected chi connectivity index (χ3v) is 3.32. The second-order valence-electron chi connectivity index (χ2n) is 4.51. The molecule has 1 N–H and O–H groups in total. The number of rotatable bonds is 6. The first-order chi connectivity index (χ1) is 9.66. The van der Waals surface area contributed by atoms with E-state index in [2.05, 4.69) is 0 Å². The Morgan fingerprint density at radius 1 is 1.10 bits per heavy atom. The summed E-state index contributed by atoms with van der Waals surface area (Å²) < 4.78 is 19.1. The highest BCUT2D eigenvalue weighted by Gasteiger charge is 2.12. The maximum Gasteiger partial charge on any atom is 0.127 e. The van der Waals surface area contributed by atoms with Gasteiger partial charge in [-0.25, -0.2) is 4.39 Å². The minimum absolute atomic E-state index is 0.184. The molecule has 2 aromatic rings. The van der Waals surface area contributed by atoms with Crippen LogP contribution in [-0.2, 0) is 6.42 Å². The lowest BCUT2D eigenvalue weighted by atomic mass is 10.1. The number of aliphatic hydroxyl groups is 1. The van der Waals surface area contributed by atoms with Gasteiger partial charge in [0.05, 0.1) is 12.7 Å². The van der Waals surface area contributed by atoms with Gasteiger partial charge in [-0.2, -0.15) is 0 Å². The Kier molecular flexibility index (Phi) is 5.39. The molecule has 0 saturated carbocycles. The molecule has 0 aliphatic carbocycles. The fraction of sp³-hybridized carbons (Fsp3) is 0.250. The maximum absolute atomic E-state index is 13.6. The summed E-state index contributed by atoms with van der Waals surface area (Å²) in [6, 6.07) is 13.9. The smallest absolute Gasteiger partial charge is 0.127 e. The van der Waals surface area contributed by atoms with Crippen molar-refractivity contribution in [2.75, 3.05) is 6.61 Å². The first-order valence-corrected chi connectivity index (χ1v) is 6.83. The van der Waals surface area contributed by atoms with Crippen molar-refractivity contribution >= 4 is 11.6 Å². The number of hydrogen-bond acceptors (Lipinski definition) is 2. The molecule has 106 valence electrons. The molecule has 0 radical (unpaired) electrons. The summed E-state index contributed by atoms with van der Waals surface area (Å²) in [7, 11) is 0. The van der Waals surface area contributed by atoms with Crippen molar-refractivity contribution in [1.29, 1.82) is 0 Å². The van der Waals surface area contributed by atoms with Crippen LogP contribution in [0.1, 0.15) is 12.0 Å². The summed E-state index contributed by atoms with van der Waals surface area (Å²) in [5.74, 6) is 0.365. The summed E-state index contributed by atoms with van der Waals surface area (Å²) >= 11 is 5.92. The van der Waals surface area contributed by atoms with Crippen LogP contribution in [0.3, 0.4) is 0 Å². The van der Waals surface area contributed by atoms with Gasteiger partial charge >= 0.3 is 0 Å². The van der Waals surface area contributed by atoms with E-state index in [4.69, 9.17) is 16.3 Å². The van der Waals surface area contributed by atoms with E-state index in [-0.39, 0.29) is 12.2 Å². The first-order valence-electron chi connectivity index (χ1n) is 6.45. The molecule has 0 aromatic heterocycles. The summed E-state index contributed by atoms with van der Waals surface area (Å²) in [6.45, 7) is 0.372. The quantitative estimate of drug-likeness (QED) is 0.877. The van der Waals surface area contributed by atoms with Gasteiger partial charge in [0, 0.05) is 23.4 Å². The molecule has 0 saturated heterocycles. The molecule has 2 nitrogen and oxygen atoms in total. The van der Waals surface area contributed by atoms with Gasteiger partial charge in [0.1, 0.15) is 11.6 Å². The minimum Gasteiger partial charge on any atom is -0.493 e. The van der Waals surface area contributed by atoms with Gasteiger partial charge in [-0.05, 0) is 24.3 Å². The Morgan fingerprint density at radius 3 is 2.55 bits per heavy atom. The lowest BCUT2D eigenvalue weighted by Crippen LogP contribution is -2.16. The molecule has 0 aliphatic rings. The highest BCUT2D eigenvalue weighted by molar-refractivity contribution is 6.31. The van der Waals surface area contributed by atoms with E-state index in [0.717, 1.165) is 5.75 Å². The summed E-state index contributed by atoms with van der Waals surface area (Å²) in [4.78, 5) is 0. The molecule has 0 fully saturated rings. The molecule has 2 rings (SSSR count). The minimum atomic E-state index is -0.687. The van der Waals surface area contributed by atoms with Crippen molar-refractivity contribution in [3.63, 3.8) is 0 Å². The van der Waals surface area contributed by atoms with E-state index in [0.29, 0.717) is 23.6 Å². The second-order valence-corrected chi connectivity index (χ2v) is 4.92. The number of benzene rings is 2. The van der Waals surface area contributed by atoms with E-state index < -0.39 is 6.10 Å². The third kappa shape index (κ3) is 4.22. The lowest BCUT2D eigenvalue weighted by molar-refractivity contribution is 0.138. The van der Waals surface area contributed by atoms with Gasteiger partial charge in [0.15, 0.2) is 0 Å². The predicted molar refractivity (Wildman–Crippen MR) is 77.7 cm³/mol.